The number of hydrogen-bond donors (Lipinski definition) is 2. The van der Waals surface area contributed by atoms with Crippen LogP contribution in [0.4, 0.5) is 4.79 Å². The maximum absolute atomic E-state index is 11.4. The maximum Gasteiger partial charge on any atom is 0.319 e. The highest BCUT2D eigenvalue weighted by Gasteiger charge is 2.17. The predicted molar refractivity (Wildman–Crippen MR) is 52.8 cm³/mol. The fourth-order valence-electron chi connectivity index (χ4n) is 0.959. The number of carbonyl (C=O) groups is 1. The summed E-state index contributed by atoms with van der Waals surface area (Å²) >= 11 is 0. The second-order valence-corrected chi connectivity index (χ2v) is 3.37. The second kappa shape index (κ2) is 4.69. The van der Waals surface area contributed by atoms with Crippen LogP contribution in [0.3, 0.4) is 0 Å². The van der Waals surface area contributed by atoms with Gasteiger partial charge in [-0.3, -0.25) is 5.41 Å². The van der Waals surface area contributed by atoms with Crippen molar-refractivity contribution in [1.82, 2.24) is 9.80 Å². The summed E-state index contributed by atoms with van der Waals surface area (Å²) in [7, 11) is 5.09. The molecule has 5 nitrogen and oxygen atoms in total. The molecule has 0 saturated carbocycles. The van der Waals surface area contributed by atoms with Gasteiger partial charge in [0, 0.05) is 33.6 Å². The average Bonchev–Trinajstić information content (AvgIpc) is 2.00. The van der Waals surface area contributed by atoms with Crippen molar-refractivity contribution < 1.29 is 4.79 Å². The van der Waals surface area contributed by atoms with Crippen LogP contribution in [0.1, 0.15) is 13.3 Å². The van der Waals surface area contributed by atoms with Gasteiger partial charge in [0.2, 0.25) is 0 Å². The molecule has 0 heterocycles. The SMILES string of the molecule is CC(CC(=N)N)N(C)C(=O)N(C)C. The lowest BCUT2D eigenvalue weighted by Gasteiger charge is -2.27. The molecule has 0 aromatic carbocycles. The van der Waals surface area contributed by atoms with Gasteiger partial charge in [0.25, 0.3) is 0 Å². The summed E-state index contributed by atoms with van der Waals surface area (Å²) < 4.78 is 0. The largest absolute Gasteiger partial charge is 0.388 e. The number of nitrogens with two attached hydrogens (primary N) is 1. The van der Waals surface area contributed by atoms with Crippen LogP contribution in [-0.4, -0.2) is 48.9 Å². The molecule has 0 aliphatic carbocycles. The number of urea groups is 1. The van der Waals surface area contributed by atoms with E-state index in [0.717, 1.165) is 0 Å². The first-order valence-corrected chi connectivity index (χ1v) is 4.13. The zero-order valence-electron chi connectivity index (χ0n) is 8.66. The topological polar surface area (TPSA) is 73.4 Å². The standard InChI is InChI=1S/C8H18N4O/c1-6(5-7(9)10)12(4)8(13)11(2)3/h6H,5H2,1-4H3,(H3,9,10). The molecular weight excluding hydrogens is 168 g/mol. The van der Waals surface area contributed by atoms with E-state index in [1.54, 1.807) is 26.0 Å². The molecular formula is C8H18N4O. The third-order valence-corrected chi connectivity index (χ3v) is 1.86. The van der Waals surface area contributed by atoms with Gasteiger partial charge in [-0.15, -0.1) is 0 Å². The van der Waals surface area contributed by atoms with Crippen LogP contribution in [0.15, 0.2) is 0 Å². The monoisotopic (exact) mass is 186 g/mol. The minimum absolute atomic E-state index is 0.0348. The van der Waals surface area contributed by atoms with Crippen molar-refractivity contribution in [2.45, 2.75) is 19.4 Å². The highest BCUT2D eigenvalue weighted by Crippen LogP contribution is 2.02. The number of carbonyl (C=O) groups excluding carboxylic acids is 1. The van der Waals surface area contributed by atoms with Crippen molar-refractivity contribution in [3.63, 3.8) is 0 Å². The predicted octanol–water partition coefficient (Wildman–Crippen LogP) is 0.314. The van der Waals surface area contributed by atoms with E-state index < -0.39 is 0 Å². The summed E-state index contributed by atoms with van der Waals surface area (Å²) in [6.45, 7) is 1.86. The van der Waals surface area contributed by atoms with Crippen LogP contribution >= 0.6 is 0 Å². The van der Waals surface area contributed by atoms with E-state index >= 15 is 0 Å². The van der Waals surface area contributed by atoms with E-state index in [-0.39, 0.29) is 17.9 Å². The van der Waals surface area contributed by atoms with E-state index in [4.69, 9.17) is 11.1 Å². The van der Waals surface area contributed by atoms with Crippen LogP contribution in [0.5, 0.6) is 0 Å². The van der Waals surface area contributed by atoms with Gasteiger partial charge in [0.05, 0.1) is 5.84 Å². The van der Waals surface area contributed by atoms with E-state index in [1.807, 2.05) is 6.92 Å². The molecule has 3 N–H and O–H groups in total. The Morgan fingerprint density at radius 3 is 2.23 bits per heavy atom. The molecule has 0 aliphatic rings. The van der Waals surface area contributed by atoms with Gasteiger partial charge >= 0.3 is 6.03 Å². The molecule has 2 amide bonds. The number of nitrogens with one attached hydrogen (secondary N) is 1. The van der Waals surface area contributed by atoms with Gasteiger partial charge < -0.3 is 15.5 Å². The lowest BCUT2D eigenvalue weighted by molar-refractivity contribution is 0.168. The number of amides is 2. The van der Waals surface area contributed by atoms with Crippen molar-refractivity contribution >= 4 is 11.9 Å². The highest BCUT2D eigenvalue weighted by atomic mass is 16.2. The first kappa shape index (κ1) is 11.7. The van der Waals surface area contributed by atoms with Gasteiger partial charge in [0.15, 0.2) is 0 Å². The number of nitrogens with zero attached hydrogens (tertiary/aromatic N) is 2. The van der Waals surface area contributed by atoms with Gasteiger partial charge in [-0.25, -0.2) is 4.79 Å². The van der Waals surface area contributed by atoms with Crippen LogP contribution in [0.25, 0.3) is 0 Å². The zero-order chi connectivity index (χ0) is 10.6. The number of amidine groups is 1. The van der Waals surface area contributed by atoms with Crippen molar-refractivity contribution in [2.24, 2.45) is 5.73 Å². The fourth-order valence-corrected chi connectivity index (χ4v) is 0.959. The number of hydrogen-bond acceptors (Lipinski definition) is 2. The van der Waals surface area contributed by atoms with Crippen LogP contribution in [-0.2, 0) is 0 Å². The Labute approximate surface area is 79.0 Å². The van der Waals surface area contributed by atoms with Crippen molar-refractivity contribution in [2.75, 3.05) is 21.1 Å². The molecule has 13 heavy (non-hydrogen) atoms. The number of rotatable bonds is 3. The molecule has 5 heteroatoms. The van der Waals surface area contributed by atoms with E-state index in [1.165, 1.54) is 4.90 Å². The Bertz CT molecular complexity index is 202. The summed E-state index contributed by atoms with van der Waals surface area (Å²) in [6.07, 6.45) is 0.413. The second-order valence-electron chi connectivity index (χ2n) is 3.37. The molecule has 0 rings (SSSR count). The van der Waals surface area contributed by atoms with Gasteiger partial charge in [-0.1, -0.05) is 0 Å². The van der Waals surface area contributed by atoms with E-state index in [0.29, 0.717) is 6.42 Å². The van der Waals surface area contributed by atoms with Crippen LogP contribution < -0.4 is 5.73 Å². The van der Waals surface area contributed by atoms with E-state index in [2.05, 4.69) is 0 Å². The zero-order valence-corrected chi connectivity index (χ0v) is 8.66. The third-order valence-electron chi connectivity index (χ3n) is 1.86. The summed E-state index contributed by atoms with van der Waals surface area (Å²) in [4.78, 5) is 14.5. The molecule has 1 atom stereocenters. The molecule has 0 fully saturated rings. The normalized spacial score (nSPS) is 12.0. The summed E-state index contributed by atoms with van der Waals surface area (Å²) in [6, 6.07) is -0.110. The van der Waals surface area contributed by atoms with Crippen LogP contribution in [0.2, 0.25) is 0 Å². The first-order valence-electron chi connectivity index (χ1n) is 4.13. The van der Waals surface area contributed by atoms with Gasteiger partial charge in [-0.05, 0) is 6.92 Å². The molecule has 0 aromatic rings. The summed E-state index contributed by atoms with van der Waals surface area (Å²) in [5.41, 5.74) is 5.24. The molecule has 0 aromatic heterocycles. The summed E-state index contributed by atoms with van der Waals surface area (Å²) in [5.74, 6) is 0.103. The van der Waals surface area contributed by atoms with E-state index in [9.17, 15) is 4.79 Å². The van der Waals surface area contributed by atoms with Crippen molar-refractivity contribution in [3.8, 4) is 0 Å². The fraction of sp³-hybridized carbons (Fsp3) is 0.750. The smallest absolute Gasteiger partial charge is 0.319 e. The minimum Gasteiger partial charge on any atom is -0.388 e. The average molecular weight is 186 g/mol. The van der Waals surface area contributed by atoms with Crippen LogP contribution in [0, 0.1) is 5.41 Å². The molecule has 0 aliphatic heterocycles. The van der Waals surface area contributed by atoms with Crippen molar-refractivity contribution in [1.29, 1.82) is 5.41 Å². The Hall–Kier alpha value is -1.26. The maximum atomic E-state index is 11.4. The Balaban J connectivity index is 4.17. The molecule has 0 bridgehead atoms. The lowest BCUT2D eigenvalue weighted by Crippen LogP contribution is -2.43. The summed E-state index contributed by atoms with van der Waals surface area (Å²) in [5, 5.41) is 7.09. The van der Waals surface area contributed by atoms with Gasteiger partial charge in [-0.2, -0.15) is 0 Å². The lowest BCUT2D eigenvalue weighted by atomic mass is 10.2. The molecule has 0 spiro atoms. The highest BCUT2D eigenvalue weighted by molar-refractivity contribution is 5.79. The molecule has 0 radical (unpaired) electrons. The molecule has 0 saturated heterocycles. The molecule has 76 valence electrons. The third kappa shape index (κ3) is 3.78. The quantitative estimate of drug-likeness (QED) is 0.492. The Kier molecular flexibility index (Phi) is 4.23. The molecule has 1 unspecified atom stereocenters. The minimum atomic E-state index is -0.0752. The Morgan fingerprint density at radius 1 is 1.46 bits per heavy atom. The van der Waals surface area contributed by atoms with Gasteiger partial charge in [0.1, 0.15) is 0 Å². The van der Waals surface area contributed by atoms with Crippen molar-refractivity contribution in [3.05, 3.63) is 0 Å². The first-order chi connectivity index (χ1) is 5.86. The Morgan fingerprint density at radius 2 is 1.92 bits per heavy atom.